The molecule has 0 bridgehead atoms. The molecule has 0 saturated carbocycles. The highest BCUT2D eigenvalue weighted by Crippen LogP contribution is 2.32. The highest BCUT2D eigenvalue weighted by Gasteiger charge is 2.14. The van der Waals surface area contributed by atoms with E-state index >= 15 is 0 Å². The van der Waals surface area contributed by atoms with E-state index in [2.05, 4.69) is 0 Å². The van der Waals surface area contributed by atoms with Crippen LogP contribution in [0.2, 0.25) is 0 Å². The van der Waals surface area contributed by atoms with E-state index in [0.717, 1.165) is 17.1 Å². The summed E-state index contributed by atoms with van der Waals surface area (Å²) in [5.74, 6) is 6.65. The molecule has 1 aliphatic heterocycles. The van der Waals surface area contributed by atoms with Crippen LogP contribution in [0.5, 0.6) is 11.5 Å². The third kappa shape index (κ3) is 1.66. The topological polar surface area (TPSA) is 53.7 Å². The minimum atomic E-state index is -0.133. The first-order valence-electron chi connectivity index (χ1n) is 4.56. The van der Waals surface area contributed by atoms with E-state index in [1.165, 1.54) is 0 Å². The third-order valence-electron chi connectivity index (χ3n) is 2.24. The van der Waals surface area contributed by atoms with E-state index < -0.39 is 0 Å². The Hall–Kier alpha value is -1.26. The van der Waals surface area contributed by atoms with Gasteiger partial charge in [0.15, 0.2) is 11.5 Å². The fourth-order valence-corrected chi connectivity index (χ4v) is 1.39. The molecule has 1 aromatic rings. The van der Waals surface area contributed by atoms with Crippen molar-refractivity contribution in [3.8, 4) is 11.5 Å². The van der Waals surface area contributed by atoms with Crippen molar-refractivity contribution in [3.63, 3.8) is 0 Å². The number of ether oxygens (including phenoxy) is 2. The fraction of sp³-hybridized carbons (Fsp3) is 0.400. The molecule has 2 rings (SSSR count). The molecule has 0 radical (unpaired) electrons. The van der Waals surface area contributed by atoms with Gasteiger partial charge in [-0.2, -0.15) is 0 Å². The Morgan fingerprint density at radius 2 is 2.00 bits per heavy atom. The highest BCUT2D eigenvalue weighted by molar-refractivity contribution is 5.44. The smallest absolute Gasteiger partial charge is 0.161 e. The number of hydrogen-bond acceptors (Lipinski definition) is 4. The second kappa shape index (κ2) is 3.86. The van der Waals surface area contributed by atoms with Gasteiger partial charge in [0.1, 0.15) is 19.3 Å². The van der Waals surface area contributed by atoms with Gasteiger partial charge in [-0.15, -0.1) is 0 Å². The maximum Gasteiger partial charge on any atom is 0.161 e. The van der Waals surface area contributed by atoms with Crippen LogP contribution in [0, 0.1) is 0 Å². The molecule has 2 N–H and O–H groups in total. The third-order valence-corrected chi connectivity index (χ3v) is 2.24. The van der Waals surface area contributed by atoms with Crippen molar-refractivity contribution in [3.05, 3.63) is 23.8 Å². The zero-order chi connectivity index (χ0) is 9.97. The van der Waals surface area contributed by atoms with Gasteiger partial charge in [0.2, 0.25) is 0 Å². The molecule has 0 amide bonds. The molecule has 0 spiro atoms. The Morgan fingerprint density at radius 1 is 1.29 bits per heavy atom. The maximum absolute atomic E-state index is 5.44. The number of nitrogens with two attached hydrogens (primary N) is 1. The normalized spacial score (nSPS) is 16.4. The molecule has 0 fully saturated rings. The molecule has 1 atom stereocenters. The average Bonchev–Trinajstić information content (AvgIpc) is 2.27. The zero-order valence-electron chi connectivity index (χ0n) is 8.03. The lowest BCUT2D eigenvalue weighted by molar-refractivity contribution is 0.0659. The average molecular weight is 195 g/mol. The monoisotopic (exact) mass is 195 g/mol. The molecule has 0 aliphatic carbocycles. The highest BCUT2D eigenvalue weighted by atomic mass is 16.6. The van der Waals surface area contributed by atoms with Crippen molar-refractivity contribution in [1.82, 2.24) is 0 Å². The summed E-state index contributed by atoms with van der Waals surface area (Å²) in [4.78, 5) is 4.73. The molecule has 0 saturated heterocycles. The first-order valence-corrected chi connectivity index (χ1v) is 4.56. The Kier molecular flexibility index (Phi) is 2.56. The first-order chi connectivity index (χ1) is 6.81. The minimum Gasteiger partial charge on any atom is -0.486 e. The van der Waals surface area contributed by atoms with Gasteiger partial charge in [-0.3, -0.25) is 4.84 Å². The quantitative estimate of drug-likeness (QED) is 0.725. The van der Waals surface area contributed by atoms with Crippen LogP contribution in [0.4, 0.5) is 0 Å². The van der Waals surface area contributed by atoms with Gasteiger partial charge in [0, 0.05) is 0 Å². The molecule has 1 aliphatic rings. The summed E-state index contributed by atoms with van der Waals surface area (Å²) in [6.07, 6.45) is -0.133. The summed E-state index contributed by atoms with van der Waals surface area (Å²) in [6.45, 7) is 3.08. The van der Waals surface area contributed by atoms with Gasteiger partial charge >= 0.3 is 0 Å². The first kappa shape index (κ1) is 9.30. The molecule has 4 nitrogen and oxygen atoms in total. The van der Waals surface area contributed by atoms with Crippen LogP contribution in [0.25, 0.3) is 0 Å². The molecule has 0 aromatic heterocycles. The summed E-state index contributed by atoms with van der Waals surface area (Å²) in [5, 5.41) is 0. The molecular weight excluding hydrogens is 182 g/mol. The van der Waals surface area contributed by atoms with Crippen LogP contribution in [0.1, 0.15) is 18.6 Å². The van der Waals surface area contributed by atoms with Crippen LogP contribution < -0.4 is 15.4 Å². The molecular formula is C10H13NO3. The summed E-state index contributed by atoms with van der Waals surface area (Å²) in [5.41, 5.74) is 0.983. The number of benzene rings is 1. The Bertz CT molecular complexity index is 327. The second-order valence-corrected chi connectivity index (χ2v) is 3.18. The van der Waals surface area contributed by atoms with Gasteiger partial charge in [-0.05, 0) is 24.6 Å². The molecule has 1 unspecified atom stereocenters. The Balaban J connectivity index is 2.29. The molecule has 4 heteroatoms. The lowest BCUT2D eigenvalue weighted by Gasteiger charge is -2.19. The van der Waals surface area contributed by atoms with Crippen molar-refractivity contribution < 1.29 is 14.3 Å². The largest absolute Gasteiger partial charge is 0.486 e. The van der Waals surface area contributed by atoms with E-state index in [1.54, 1.807) is 0 Å². The van der Waals surface area contributed by atoms with E-state index in [-0.39, 0.29) is 6.10 Å². The maximum atomic E-state index is 5.44. The Labute approximate surface area is 82.5 Å². The number of hydrogen-bond donors (Lipinski definition) is 1. The molecule has 1 aromatic carbocycles. The lowest BCUT2D eigenvalue weighted by atomic mass is 10.1. The summed E-state index contributed by atoms with van der Waals surface area (Å²) < 4.78 is 10.8. The van der Waals surface area contributed by atoms with Gasteiger partial charge in [0.05, 0.1) is 0 Å². The fourth-order valence-electron chi connectivity index (χ4n) is 1.39. The lowest BCUT2D eigenvalue weighted by Crippen LogP contribution is -2.16. The SMILES string of the molecule is CC(ON)c1ccc2c(c1)OCCO2. The van der Waals surface area contributed by atoms with Crippen molar-refractivity contribution >= 4 is 0 Å². The van der Waals surface area contributed by atoms with E-state index in [1.807, 2.05) is 25.1 Å². The van der Waals surface area contributed by atoms with Crippen LogP contribution in [-0.4, -0.2) is 13.2 Å². The molecule has 76 valence electrons. The van der Waals surface area contributed by atoms with E-state index in [4.69, 9.17) is 20.2 Å². The van der Waals surface area contributed by atoms with Crippen LogP contribution in [0.15, 0.2) is 18.2 Å². The van der Waals surface area contributed by atoms with Gasteiger partial charge < -0.3 is 9.47 Å². The number of fused-ring (bicyclic) bond motifs is 1. The minimum absolute atomic E-state index is 0.133. The van der Waals surface area contributed by atoms with Gasteiger partial charge in [-0.1, -0.05) is 6.07 Å². The van der Waals surface area contributed by atoms with Gasteiger partial charge in [-0.25, -0.2) is 5.90 Å². The van der Waals surface area contributed by atoms with Crippen molar-refractivity contribution in [2.75, 3.05) is 13.2 Å². The van der Waals surface area contributed by atoms with Crippen molar-refractivity contribution in [2.24, 2.45) is 5.90 Å². The summed E-state index contributed by atoms with van der Waals surface area (Å²) in [7, 11) is 0. The predicted octanol–water partition coefficient (Wildman–Crippen LogP) is 1.41. The number of rotatable bonds is 2. The molecule has 14 heavy (non-hydrogen) atoms. The second-order valence-electron chi connectivity index (χ2n) is 3.18. The predicted molar refractivity (Wildman–Crippen MR) is 51.1 cm³/mol. The van der Waals surface area contributed by atoms with E-state index in [0.29, 0.717) is 13.2 Å². The summed E-state index contributed by atoms with van der Waals surface area (Å²) >= 11 is 0. The van der Waals surface area contributed by atoms with Crippen molar-refractivity contribution in [1.29, 1.82) is 0 Å². The van der Waals surface area contributed by atoms with Crippen LogP contribution in [-0.2, 0) is 4.84 Å². The molecule has 1 heterocycles. The standard InChI is InChI=1S/C10H13NO3/c1-7(14-11)8-2-3-9-10(6-8)13-5-4-12-9/h2-3,6-7H,4-5,11H2,1H3. The van der Waals surface area contributed by atoms with E-state index in [9.17, 15) is 0 Å². The van der Waals surface area contributed by atoms with Crippen LogP contribution >= 0.6 is 0 Å². The van der Waals surface area contributed by atoms with Crippen LogP contribution in [0.3, 0.4) is 0 Å². The summed E-state index contributed by atoms with van der Waals surface area (Å²) in [6, 6.07) is 5.69. The van der Waals surface area contributed by atoms with Gasteiger partial charge in [0.25, 0.3) is 0 Å². The Morgan fingerprint density at radius 3 is 2.71 bits per heavy atom. The van der Waals surface area contributed by atoms with Crippen molar-refractivity contribution in [2.45, 2.75) is 13.0 Å². The zero-order valence-corrected chi connectivity index (χ0v) is 8.03.